The largest absolute Gasteiger partial charge is 0.480 e. The zero-order valence-corrected chi connectivity index (χ0v) is 77.6. The summed E-state index contributed by atoms with van der Waals surface area (Å²) in [6.07, 6.45) is 8.82. The van der Waals surface area contributed by atoms with Gasteiger partial charge in [-0.3, -0.25) is 63.7 Å². The number of rotatable bonds is 16. The number of hydrogen-bond acceptors (Lipinski definition) is 21. The number of benzene rings is 3. The fourth-order valence-corrected chi connectivity index (χ4v) is 13.7. The molecular formula is C94H123BClN16O15. The number of hydrogen-bond donors (Lipinski definition) is 4. The number of nitrogens with one attached hydrogen (secondary N) is 3. The Labute approximate surface area is 752 Å². The van der Waals surface area contributed by atoms with Gasteiger partial charge in [-0.15, -0.1) is 0 Å². The number of pyridine rings is 2. The fraction of sp³-hybridized carbons (Fsp3) is 0.457. The van der Waals surface area contributed by atoms with E-state index in [4.69, 9.17) is 44.6 Å². The number of carbonyl (C=O) groups is 8. The average Bonchev–Trinajstić information content (AvgIpc) is 1.61. The van der Waals surface area contributed by atoms with Crippen LogP contribution in [0, 0.1) is 78.7 Å². The second-order valence-corrected chi connectivity index (χ2v) is 35.5. The number of esters is 5. The maximum Gasteiger partial charge on any atom is 0.416 e. The molecule has 0 saturated heterocycles. The third kappa shape index (κ3) is 31.6. The molecule has 4 atom stereocenters. The summed E-state index contributed by atoms with van der Waals surface area (Å²) in [6.45, 7) is 58.2. The third-order valence-corrected chi connectivity index (χ3v) is 20.9. The summed E-state index contributed by atoms with van der Waals surface area (Å²) in [5.74, 6) is -0.500. The van der Waals surface area contributed by atoms with Crippen molar-refractivity contribution >= 4 is 90.0 Å². The minimum Gasteiger partial charge on any atom is -0.480 e. The normalized spacial score (nSPS) is 14.4. The molecule has 0 spiro atoms. The zero-order valence-electron chi connectivity index (χ0n) is 76.8. The summed E-state index contributed by atoms with van der Waals surface area (Å²) in [7, 11) is 4.64. The SMILES string of the molecule is C.CC(c1nc(-c2ccc(C(C)(C)C)cc2)n[nH]1)C(C#N)C(=O)O.CC1CC(C(C)(C)C)C(C)C(C(C)(C)C)C1.COC(=O)CN(CC(=O)OC)C(=O)Cl.[B].[C-]#[N+]c1c(C)c2nc(-c3ccc(C(C)(C)C)cc3)[nH]n2c1OC(=O)N(CC(=O)OC)CC(=O)OC.[C-]#[N+]c1c(C)c2nc(-c3ccc(C(C)(C)C)cc3)[nH]n2c1OC(C)=O.c1ccncc1.c1ccncc1. The number of aliphatic carboxylic acids is 1. The lowest BCUT2D eigenvalue weighted by atomic mass is 9.55. The summed E-state index contributed by atoms with van der Waals surface area (Å²) in [5.41, 5.74) is 9.81. The van der Waals surface area contributed by atoms with Gasteiger partial charge in [0.15, 0.2) is 23.4 Å². The molecule has 3 radical (unpaired) electrons. The van der Waals surface area contributed by atoms with E-state index in [9.17, 15) is 38.4 Å². The minimum absolute atomic E-state index is 0. The summed E-state index contributed by atoms with van der Waals surface area (Å²) in [5, 5.41) is 30.2. The number of H-pyrrole nitrogens is 3. The van der Waals surface area contributed by atoms with Crippen LogP contribution in [0.4, 0.5) is 21.0 Å². The molecule has 7 heterocycles. The van der Waals surface area contributed by atoms with Crippen molar-refractivity contribution in [1.29, 1.82) is 5.26 Å². The summed E-state index contributed by atoms with van der Waals surface area (Å²) >= 11 is 5.12. The Morgan fingerprint density at radius 1 is 0.559 bits per heavy atom. The van der Waals surface area contributed by atoms with E-state index in [0.717, 1.165) is 84.2 Å². The first-order valence-corrected chi connectivity index (χ1v) is 40.8. The maximum absolute atomic E-state index is 12.9. The number of amides is 2. The second-order valence-electron chi connectivity index (χ2n) is 35.2. The van der Waals surface area contributed by atoms with Crippen molar-refractivity contribution in [3.63, 3.8) is 0 Å². The molecule has 31 nitrogen and oxygen atoms in total. The van der Waals surface area contributed by atoms with Crippen LogP contribution >= 0.6 is 11.6 Å². The zero-order chi connectivity index (χ0) is 93.8. The Balaban J connectivity index is 0.000000405. The molecule has 0 bridgehead atoms. The van der Waals surface area contributed by atoms with Gasteiger partial charge in [-0.05, 0) is 130 Å². The second kappa shape index (κ2) is 48.5. The number of aromatic amines is 3. The van der Waals surface area contributed by atoms with Gasteiger partial charge in [0, 0.05) is 73.9 Å². The van der Waals surface area contributed by atoms with Crippen LogP contribution in [0.1, 0.15) is 191 Å². The molecule has 1 saturated carbocycles. The van der Waals surface area contributed by atoms with Crippen molar-refractivity contribution in [1.82, 2.24) is 64.1 Å². The van der Waals surface area contributed by atoms with Crippen LogP contribution in [0.2, 0.25) is 0 Å². The van der Waals surface area contributed by atoms with Crippen molar-refractivity contribution in [2.24, 2.45) is 40.4 Å². The van der Waals surface area contributed by atoms with Gasteiger partial charge < -0.3 is 38.4 Å². The van der Waals surface area contributed by atoms with Crippen LogP contribution in [-0.4, -0.2) is 180 Å². The molecule has 0 aliphatic heterocycles. The molecule has 33 heteroatoms. The van der Waals surface area contributed by atoms with Gasteiger partial charge in [0.05, 0.1) is 47.7 Å². The number of methoxy groups -OCH3 is 4. The van der Waals surface area contributed by atoms with Gasteiger partial charge in [-0.1, -0.05) is 217 Å². The van der Waals surface area contributed by atoms with Crippen molar-refractivity contribution in [3.05, 3.63) is 190 Å². The number of nitrogens with zero attached hydrogens (tertiary/aromatic N) is 13. The molecule has 11 rings (SSSR count). The Morgan fingerprint density at radius 3 is 1.17 bits per heavy atom. The van der Waals surface area contributed by atoms with Crippen molar-refractivity contribution in [2.45, 2.75) is 188 Å². The lowest BCUT2D eigenvalue weighted by Gasteiger charge is -2.50. The smallest absolute Gasteiger partial charge is 0.416 e. The number of nitriles is 1. The standard InChI is InChI=1S/C24H27N5O6.C19H20N4O2.C17H20N4O2.C16H32.C7H10ClNO5.2C5H5N.CH4.B/c1-14-19(25-5)22(35-23(32)28(12-17(30)33-6)13-18(31)34-7)29-21(14)26-20(27-29)15-8-10-16(11-9-15)24(2,3)4;1-11-15(20-6)18(25-12(2)24)23-17(11)21-16(22-23)13-7-9-14(10-8-13)19(3,4)5;1-10(13(9-18)16(22)23)14-19-15(21-20-14)11-5-7-12(8-6-11)17(2,3)4;1-11-9-13(15(3,4)5)12(2)14(10-11)16(6,7)8;1-13-5(10)3-9(7(8)12)4-6(11)14-2;2*1-2-4-6-5-3-1;;/h8-11H,12-13H2,1-4,6-7H3,(H,26,27);7-10H,1-5H3,(H,21,22);5-8,10,13H,1-4H3,(H,22,23)(H,19,20,21);11-14H,9-10H2,1-8H3;3-4H2,1-2H3;2*1-5H;1H4;. The lowest BCUT2D eigenvalue weighted by molar-refractivity contribution is -0.146. The molecular weight excluding hydrogens is 1640 g/mol. The van der Waals surface area contributed by atoms with E-state index in [1.54, 1.807) is 56.1 Å². The predicted molar refractivity (Wildman–Crippen MR) is 489 cm³/mol. The first kappa shape index (κ1) is 108. The molecule has 679 valence electrons. The van der Waals surface area contributed by atoms with Gasteiger partial charge in [0.25, 0.3) is 11.4 Å². The molecule has 1 aliphatic carbocycles. The number of ether oxygens (including phenoxy) is 6. The summed E-state index contributed by atoms with van der Waals surface area (Å²) in [6, 6.07) is 37.2. The molecule has 7 aromatic heterocycles. The van der Waals surface area contributed by atoms with Crippen molar-refractivity contribution in [3.8, 4) is 52.0 Å². The quantitative estimate of drug-likeness (QED) is 0.0174. The number of aromatic nitrogens is 11. The van der Waals surface area contributed by atoms with E-state index in [1.165, 1.54) is 35.4 Å². The Hall–Kier alpha value is -13.0. The van der Waals surface area contributed by atoms with Crippen LogP contribution < -0.4 is 9.47 Å². The number of fused-ring (bicyclic) bond motifs is 2. The molecule has 3 aromatic carbocycles. The van der Waals surface area contributed by atoms with Crippen LogP contribution in [0.25, 0.3) is 55.1 Å². The summed E-state index contributed by atoms with van der Waals surface area (Å²) < 4.78 is 31.4. The number of carboxylic acids is 1. The predicted octanol–water partition coefficient (Wildman–Crippen LogP) is 18.9. The molecule has 4 N–H and O–H groups in total. The van der Waals surface area contributed by atoms with Crippen LogP contribution in [0.3, 0.4) is 0 Å². The molecule has 10 aromatic rings. The number of aryl methyl sites for hydroxylation is 2. The van der Waals surface area contributed by atoms with E-state index in [1.807, 2.05) is 97.1 Å². The average molecular weight is 1760 g/mol. The molecule has 1 aliphatic rings. The molecule has 127 heavy (non-hydrogen) atoms. The highest BCUT2D eigenvalue weighted by Crippen LogP contribution is 2.52. The highest BCUT2D eigenvalue weighted by molar-refractivity contribution is 6.63. The van der Waals surface area contributed by atoms with Crippen molar-refractivity contribution in [2.75, 3.05) is 54.6 Å². The van der Waals surface area contributed by atoms with Gasteiger partial charge in [0.1, 0.15) is 43.3 Å². The van der Waals surface area contributed by atoms with Gasteiger partial charge in [-0.25, -0.2) is 38.5 Å². The van der Waals surface area contributed by atoms with Crippen molar-refractivity contribution < 1.29 is 71.9 Å². The van der Waals surface area contributed by atoms with Gasteiger partial charge in [-0.2, -0.15) is 10.4 Å². The van der Waals surface area contributed by atoms with Gasteiger partial charge in [0.2, 0.25) is 11.8 Å². The number of carboxylic acid groups (broad SMARTS) is 1. The monoisotopic (exact) mass is 1760 g/mol. The van der Waals surface area contributed by atoms with E-state index in [-0.39, 0.29) is 62.6 Å². The fourth-order valence-electron chi connectivity index (χ4n) is 13.6. The topological polar surface area (TPSA) is 385 Å². The highest BCUT2D eigenvalue weighted by atomic mass is 35.5. The van der Waals surface area contributed by atoms with Crippen LogP contribution in [0.15, 0.2) is 134 Å². The first-order chi connectivity index (χ1) is 58.5. The summed E-state index contributed by atoms with van der Waals surface area (Å²) in [4.78, 5) is 121. The number of carbonyl (C=O) groups excluding carboxylic acids is 7. The Morgan fingerprint density at radius 2 is 0.898 bits per heavy atom. The van der Waals surface area contributed by atoms with E-state index < -0.39 is 72.2 Å². The Kier molecular flexibility index (Phi) is 41.3. The van der Waals surface area contributed by atoms with Crippen LogP contribution in [0.5, 0.6) is 11.8 Å². The highest BCUT2D eigenvalue weighted by Gasteiger charge is 2.44. The van der Waals surface area contributed by atoms with E-state index >= 15 is 0 Å². The minimum atomic E-state index is -1.16. The molecule has 1 fully saturated rings. The van der Waals surface area contributed by atoms with Crippen LogP contribution in [-0.2, 0) is 64.0 Å². The van der Waals surface area contributed by atoms with E-state index in [2.05, 4.69) is 204 Å². The third-order valence-electron chi connectivity index (χ3n) is 20.7. The lowest BCUT2D eigenvalue weighted by Crippen LogP contribution is -2.42. The first-order valence-electron chi connectivity index (χ1n) is 40.4. The maximum atomic E-state index is 12.9. The number of halogens is 1. The van der Waals surface area contributed by atoms with E-state index in [0.29, 0.717) is 62.2 Å². The van der Waals surface area contributed by atoms with Gasteiger partial charge >= 0.3 is 47.3 Å². The Bertz CT molecular complexity index is 5230. The molecule has 4 unspecified atom stereocenters. The molecule has 2 amide bonds.